The van der Waals surface area contributed by atoms with Gasteiger partial charge in [-0.1, -0.05) is 169 Å². The van der Waals surface area contributed by atoms with Crippen LogP contribution in [0, 0.1) is 6.92 Å². The van der Waals surface area contributed by atoms with Crippen molar-refractivity contribution in [2.45, 2.75) is 6.92 Å². The fourth-order valence-electron chi connectivity index (χ4n) is 6.71. The zero-order chi connectivity index (χ0) is 33.4. The molecule has 0 fully saturated rings. The molecule has 0 bridgehead atoms. The van der Waals surface area contributed by atoms with Gasteiger partial charge in [-0.05, 0) is 35.2 Å². The maximum Gasteiger partial charge on any atom is 0.164 e. The second-order valence-electron chi connectivity index (χ2n) is 12.5. The number of hydrogen-bond acceptors (Lipinski definition) is 4. The molecular weight excluding hydrogens is 611 g/mol. The number of fused-ring (bicyclic) bond motifs is 3. The molecule has 2 aromatic heterocycles. The van der Waals surface area contributed by atoms with Crippen LogP contribution in [0.4, 0.5) is 0 Å². The highest BCUT2D eigenvalue weighted by molar-refractivity contribution is 6.13. The van der Waals surface area contributed by atoms with Crippen LogP contribution in [0.15, 0.2) is 174 Å². The summed E-state index contributed by atoms with van der Waals surface area (Å²) in [4.78, 5) is 15.0. The van der Waals surface area contributed by atoms with Gasteiger partial charge in [0.1, 0.15) is 11.2 Å². The van der Waals surface area contributed by atoms with Gasteiger partial charge in [0.2, 0.25) is 0 Å². The lowest BCUT2D eigenvalue weighted by Crippen LogP contribution is -2.00. The van der Waals surface area contributed by atoms with Crippen LogP contribution >= 0.6 is 0 Å². The first-order valence-electron chi connectivity index (χ1n) is 16.8. The van der Waals surface area contributed by atoms with E-state index in [1.165, 1.54) is 11.1 Å². The quantitative estimate of drug-likeness (QED) is 0.181. The van der Waals surface area contributed by atoms with E-state index in [0.717, 1.165) is 66.4 Å². The van der Waals surface area contributed by atoms with E-state index >= 15 is 0 Å². The number of hydrogen-bond donors (Lipinski definition) is 0. The van der Waals surface area contributed by atoms with E-state index in [2.05, 4.69) is 140 Å². The summed E-state index contributed by atoms with van der Waals surface area (Å²) < 4.78 is 6.73. The molecule has 0 radical (unpaired) electrons. The molecule has 0 amide bonds. The molecule has 0 spiro atoms. The van der Waals surface area contributed by atoms with Crippen molar-refractivity contribution >= 4 is 21.9 Å². The number of para-hydroxylation sites is 2. The lowest BCUT2D eigenvalue weighted by molar-refractivity contribution is 0.671. The Hall–Kier alpha value is -6.65. The predicted molar refractivity (Wildman–Crippen MR) is 204 cm³/mol. The van der Waals surface area contributed by atoms with Crippen LogP contribution in [0.5, 0.6) is 0 Å². The first-order chi connectivity index (χ1) is 24.7. The third-order valence-electron chi connectivity index (χ3n) is 9.20. The minimum atomic E-state index is 0.613. The fourth-order valence-corrected chi connectivity index (χ4v) is 6.71. The molecule has 2 heterocycles. The third-order valence-corrected chi connectivity index (χ3v) is 9.20. The van der Waals surface area contributed by atoms with Gasteiger partial charge in [0.25, 0.3) is 0 Å². The zero-order valence-electron chi connectivity index (χ0n) is 27.4. The molecule has 0 N–H and O–H groups in total. The lowest BCUT2D eigenvalue weighted by Gasteiger charge is -2.10. The van der Waals surface area contributed by atoms with Gasteiger partial charge < -0.3 is 4.42 Å². The second kappa shape index (κ2) is 12.4. The van der Waals surface area contributed by atoms with Gasteiger partial charge in [-0.2, -0.15) is 0 Å². The van der Waals surface area contributed by atoms with E-state index in [1.807, 2.05) is 36.4 Å². The number of furan rings is 1. The largest absolute Gasteiger partial charge is 0.455 e. The topological polar surface area (TPSA) is 51.8 Å². The minimum Gasteiger partial charge on any atom is -0.455 e. The van der Waals surface area contributed by atoms with Crippen LogP contribution in [0.2, 0.25) is 0 Å². The van der Waals surface area contributed by atoms with Gasteiger partial charge >= 0.3 is 0 Å². The molecular formula is C46H31N3O. The van der Waals surface area contributed by atoms with Gasteiger partial charge in [0.15, 0.2) is 17.5 Å². The Morgan fingerprint density at radius 2 is 0.800 bits per heavy atom. The molecule has 7 aromatic carbocycles. The smallest absolute Gasteiger partial charge is 0.164 e. The molecule has 9 aromatic rings. The summed E-state index contributed by atoms with van der Waals surface area (Å²) in [7, 11) is 0. The van der Waals surface area contributed by atoms with Gasteiger partial charge in [0.05, 0.1) is 0 Å². The molecule has 0 aliphatic rings. The average molecular weight is 642 g/mol. The summed E-state index contributed by atoms with van der Waals surface area (Å²) in [5.41, 5.74) is 12.3. The van der Waals surface area contributed by atoms with Gasteiger partial charge in [-0.15, -0.1) is 0 Å². The first-order valence-corrected chi connectivity index (χ1v) is 16.8. The van der Waals surface area contributed by atoms with Gasteiger partial charge in [-0.25, -0.2) is 15.0 Å². The Morgan fingerprint density at radius 1 is 0.340 bits per heavy atom. The molecule has 4 heteroatoms. The van der Waals surface area contributed by atoms with E-state index in [9.17, 15) is 0 Å². The van der Waals surface area contributed by atoms with Gasteiger partial charge in [-0.3, -0.25) is 0 Å². The van der Waals surface area contributed by atoms with Crippen LogP contribution in [-0.2, 0) is 0 Å². The molecule has 0 saturated carbocycles. The fraction of sp³-hybridized carbons (Fsp3) is 0.0217. The molecule has 0 unspecified atom stereocenters. The molecule has 4 nitrogen and oxygen atoms in total. The molecule has 9 rings (SSSR count). The molecule has 50 heavy (non-hydrogen) atoms. The van der Waals surface area contributed by atoms with Crippen molar-refractivity contribution in [3.05, 3.63) is 175 Å². The van der Waals surface area contributed by atoms with Crippen LogP contribution < -0.4 is 0 Å². The summed E-state index contributed by atoms with van der Waals surface area (Å²) >= 11 is 0. The van der Waals surface area contributed by atoms with E-state index in [0.29, 0.717) is 17.5 Å². The number of nitrogens with zero attached hydrogens (tertiary/aromatic N) is 3. The van der Waals surface area contributed by atoms with Crippen molar-refractivity contribution in [2.75, 3.05) is 0 Å². The summed E-state index contributed by atoms with van der Waals surface area (Å²) in [5, 5.41) is 2.19. The SMILES string of the molecule is Cc1cccc(-c2ccc(-c3nc(-c4ccccc4)nc(-c4cccc(-c5cccc6c5oc5c(-c7ccccc7)cccc56)c4)n3)cc2)c1. The highest BCUT2D eigenvalue weighted by Gasteiger charge is 2.17. The van der Waals surface area contributed by atoms with Crippen LogP contribution in [-0.4, -0.2) is 15.0 Å². The van der Waals surface area contributed by atoms with Crippen molar-refractivity contribution in [3.63, 3.8) is 0 Å². The van der Waals surface area contributed by atoms with Gasteiger partial charge in [0, 0.05) is 38.6 Å². The predicted octanol–water partition coefficient (Wildman–Crippen LogP) is 12.1. The van der Waals surface area contributed by atoms with E-state index in [1.54, 1.807) is 0 Å². The summed E-state index contributed by atoms with van der Waals surface area (Å²) in [6.45, 7) is 2.11. The third kappa shape index (κ3) is 5.43. The highest BCUT2D eigenvalue weighted by Crippen LogP contribution is 2.40. The second-order valence-corrected chi connectivity index (χ2v) is 12.5. The normalized spacial score (nSPS) is 11.3. The van der Waals surface area contributed by atoms with E-state index in [-0.39, 0.29) is 0 Å². The first kappa shape index (κ1) is 29.5. The Labute approximate surface area is 290 Å². The van der Waals surface area contributed by atoms with Crippen molar-refractivity contribution in [1.82, 2.24) is 15.0 Å². The highest BCUT2D eigenvalue weighted by atomic mass is 16.3. The summed E-state index contributed by atoms with van der Waals surface area (Å²) in [6.07, 6.45) is 0. The standard InChI is InChI=1S/C46H31N3O/c1-30-12-8-17-35(28-30)31-24-26-34(27-25-31)45-47-44(33-15-6-3-7-16-33)48-46(49-45)37-19-9-18-36(29-37)39-21-11-23-41-40-22-10-20-38(42(40)50-43(39)41)32-13-4-2-5-14-32/h2-29H,1H3. The Morgan fingerprint density at radius 3 is 1.44 bits per heavy atom. The Balaban J connectivity index is 1.15. The van der Waals surface area contributed by atoms with E-state index in [4.69, 9.17) is 19.4 Å². The molecule has 0 aliphatic carbocycles. The van der Waals surface area contributed by atoms with Crippen molar-refractivity contribution < 1.29 is 4.42 Å². The van der Waals surface area contributed by atoms with Crippen LogP contribution in [0.25, 0.3) is 89.5 Å². The van der Waals surface area contributed by atoms with Crippen LogP contribution in [0.3, 0.4) is 0 Å². The number of aryl methyl sites for hydroxylation is 1. The summed E-state index contributed by atoms with van der Waals surface area (Å²) in [5.74, 6) is 1.87. The Bertz CT molecular complexity index is 2640. The molecule has 0 saturated heterocycles. The lowest BCUT2D eigenvalue weighted by atomic mass is 9.99. The molecule has 236 valence electrons. The van der Waals surface area contributed by atoms with E-state index < -0.39 is 0 Å². The maximum absolute atomic E-state index is 6.73. The molecule has 0 aliphatic heterocycles. The van der Waals surface area contributed by atoms with Crippen LogP contribution in [0.1, 0.15) is 5.56 Å². The number of rotatable bonds is 6. The monoisotopic (exact) mass is 641 g/mol. The van der Waals surface area contributed by atoms with Crippen molar-refractivity contribution in [3.8, 4) is 67.5 Å². The maximum atomic E-state index is 6.73. The number of benzene rings is 7. The molecule has 0 atom stereocenters. The zero-order valence-corrected chi connectivity index (χ0v) is 27.4. The number of aromatic nitrogens is 3. The average Bonchev–Trinajstić information content (AvgIpc) is 3.58. The Kier molecular flexibility index (Phi) is 7.33. The van der Waals surface area contributed by atoms with Crippen molar-refractivity contribution in [1.29, 1.82) is 0 Å². The van der Waals surface area contributed by atoms with Crippen molar-refractivity contribution in [2.24, 2.45) is 0 Å². The minimum absolute atomic E-state index is 0.613. The summed E-state index contributed by atoms with van der Waals surface area (Å²) in [6, 6.07) is 58.6.